The van der Waals surface area contributed by atoms with Gasteiger partial charge in [-0.05, 0) is 18.6 Å². The lowest BCUT2D eigenvalue weighted by Gasteiger charge is -2.07. The Morgan fingerprint density at radius 1 is 1.12 bits per heavy atom. The number of rotatable bonds is 8. The van der Waals surface area contributed by atoms with E-state index in [0.717, 1.165) is 5.75 Å². The van der Waals surface area contributed by atoms with Gasteiger partial charge in [-0.15, -0.1) is 0 Å². The topological polar surface area (TPSA) is 89.3 Å². The highest BCUT2D eigenvalue weighted by atomic mass is 32.2. The van der Waals surface area contributed by atoms with Crippen LogP contribution < -0.4 is 4.72 Å². The number of nitrogens with zero attached hydrogens (tertiary/aromatic N) is 1. The van der Waals surface area contributed by atoms with Crippen LogP contribution in [0.3, 0.4) is 0 Å². The molecule has 2 rings (SSSR count). The Kier molecular flexibility index (Phi) is 6.36. The van der Waals surface area contributed by atoms with Gasteiger partial charge in [-0.1, -0.05) is 42.0 Å². The molecule has 24 heavy (non-hydrogen) atoms. The van der Waals surface area contributed by atoms with Crippen LogP contribution in [-0.2, 0) is 15.8 Å². The molecule has 0 amide bonds. The normalized spacial score (nSPS) is 11.4. The van der Waals surface area contributed by atoms with Gasteiger partial charge in [0.15, 0.2) is 4.90 Å². The van der Waals surface area contributed by atoms with E-state index in [-0.39, 0.29) is 11.4 Å². The van der Waals surface area contributed by atoms with Crippen molar-refractivity contribution in [1.29, 1.82) is 0 Å². The fourth-order valence-corrected chi connectivity index (χ4v) is 4.19. The van der Waals surface area contributed by atoms with Crippen molar-refractivity contribution in [3.63, 3.8) is 0 Å². The van der Waals surface area contributed by atoms with Gasteiger partial charge in [0.2, 0.25) is 10.0 Å². The lowest BCUT2D eigenvalue weighted by Crippen LogP contribution is -2.26. The number of hydrogen-bond donors (Lipinski definition) is 1. The van der Waals surface area contributed by atoms with Crippen LogP contribution in [0, 0.1) is 17.0 Å². The predicted molar refractivity (Wildman–Crippen MR) is 95.6 cm³/mol. The summed E-state index contributed by atoms with van der Waals surface area (Å²) in [5, 5.41) is 10.9. The standard InChI is InChI=1S/C16H18N2O4S2/c1-13-6-8-14(9-7-13)12-23-11-10-17-24(21,22)16-5-3-2-4-15(16)18(19)20/h2-9,17H,10-12H2,1H3. The summed E-state index contributed by atoms with van der Waals surface area (Å²) < 4.78 is 26.8. The van der Waals surface area contributed by atoms with Crippen molar-refractivity contribution >= 4 is 27.5 Å². The highest BCUT2D eigenvalue weighted by Gasteiger charge is 2.24. The minimum Gasteiger partial charge on any atom is -0.258 e. The van der Waals surface area contributed by atoms with Gasteiger partial charge >= 0.3 is 0 Å². The maximum Gasteiger partial charge on any atom is 0.289 e. The van der Waals surface area contributed by atoms with E-state index in [1.54, 1.807) is 11.8 Å². The van der Waals surface area contributed by atoms with Gasteiger partial charge < -0.3 is 0 Å². The fourth-order valence-electron chi connectivity index (χ4n) is 2.04. The molecule has 0 aliphatic rings. The van der Waals surface area contributed by atoms with E-state index in [1.165, 1.54) is 35.4 Å². The molecule has 6 nitrogen and oxygen atoms in total. The zero-order valence-corrected chi connectivity index (χ0v) is 14.8. The van der Waals surface area contributed by atoms with Gasteiger partial charge in [0, 0.05) is 24.1 Å². The molecule has 1 N–H and O–H groups in total. The van der Waals surface area contributed by atoms with E-state index >= 15 is 0 Å². The average Bonchev–Trinajstić information content (AvgIpc) is 2.56. The van der Waals surface area contributed by atoms with Crippen molar-refractivity contribution in [3.05, 3.63) is 69.8 Å². The number of hydrogen-bond acceptors (Lipinski definition) is 5. The molecule has 2 aromatic rings. The van der Waals surface area contributed by atoms with E-state index in [1.807, 2.05) is 31.2 Å². The number of benzene rings is 2. The summed E-state index contributed by atoms with van der Waals surface area (Å²) in [6, 6.07) is 13.5. The first-order valence-corrected chi connectivity index (χ1v) is 9.90. The minimum atomic E-state index is -3.89. The van der Waals surface area contributed by atoms with Crippen LogP contribution >= 0.6 is 11.8 Å². The lowest BCUT2D eigenvalue weighted by molar-refractivity contribution is -0.387. The maximum atomic E-state index is 12.2. The molecule has 0 aromatic heterocycles. The van der Waals surface area contributed by atoms with Crippen LogP contribution in [0.1, 0.15) is 11.1 Å². The maximum absolute atomic E-state index is 12.2. The number of nitro benzene ring substituents is 1. The number of nitro groups is 1. The first-order valence-electron chi connectivity index (χ1n) is 7.26. The van der Waals surface area contributed by atoms with Gasteiger partial charge in [0.05, 0.1) is 4.92 Å². The third-order valence-corrected chi connectivity index (χ3v) is 5.82. The lowest BCUT2D eigenvalue weighted by atomic mass is 10.2. The summed E-state index contributed by atoms with van der Waals surface area (Å²) in [4.78, 5) is 9.93. The Labute approximate surface area is 145 Å². The Morgan fingerprint density at radius 3 is 2.46 bits per heavy atom. The van der Waals surface area contributed by atoms with E-state index in [2.05, 4.69) is 4.72 Å². The van der Waals surface area contributed by atoms with Crippen LogP contribution in [0.5, 0.6) is 0 Å². The smallest absolute Gasteiger partial charge is 0.258 e. The second-order valence-corrected chi connectivity index (χ2v) is 8.00. The molecular weight excluding hydrogens is 348 g/mol. The monoisotopic (exact) mass is 366 g/mol. The zero-order valence-electron chi connectivity index (χ0n) is 13.1. The number of nitrogens with one attached hydrogen (secondary N) is 1. The Hall–Kier alpha value is -1.90. The van der Waals surface area contributed by atoms with Crippen molar-refractivity contribution < 1.29 is 13.3 Å². The molecule has 0 spiro atoms. The molecule has 8 heteroatoms. The molecule has 0 aliphatic carbocycles. The second kappa shape index (κ2) is 8.27. The average molecular weight is 366 g/mol. The van der Waals surface area contributed by atoms with Crippen LogP contribution in [0.25, 0.3) is 0 Å². The van der Waals surface area contributed by atoms with E-state index in [9.17, 15) is 18.5 Å². The summed E-state index contributed by atoms with van der Waals surface area (Å²) >= 11 is 1.60. The van der Waals surface area contributed by atoms with E-state index in [0.29, 0.717) is 5.75 Å². The van der Waals surface area contributed by atoms with Crippen LogP contribution in [0.4, 0.5) is 5.69 Å². The third-order valence-electron chi connectivity index (χ3n) is 3.28. The Bertz CT molecular complexity index is 805. The van der Waals surface area contributed by atoms with Gasteiger partial charge in [0.25, 0.3) is 5.69 Å². The number of aryl methyl sites for hydroxylation is 1. The molecule has 0 heterocycles. The van der Waals surface area contributed by atoms with Gasteiger partial charge in [0.1, 0.15) is 0 Å². The Balaban J connectivity index is 1.87. The molecule has 0 fully saturated rings. The van der Waals surface area contributed by atoms with Crippen molar-refractivity contribution in [2.45, 2.75) is 17.6 Å². The van der Waals surface area contributed by atoms with E-state index < -0.39 is 20.6 Å². The van der Waals surface area contributed by atoms with Crippen molar-refractivity contribution in [1.82, 2.24) is 4.72 Å². The third kappa shape index (κ3) is 5.05. The van der Waals surface area contributed by atoms with Crippen LogP contribution in [0.15, 0.2) is 53.4 Å². The fraction of sp³-hybridized carbons (Fsp3) is 0.250. The molecule has 0 radical (unpaired) electrons. The molecular formula is C16H18N2O4S2. The Morgan fingerprint density at radius 2 is 1.79 bits per heavy atom. The first-order chi connectivity index (χ1) is 11.4. The summed E-state index contributed by atoms with van der Waals surface area (Å²) in [6.45, 7) is 2.24. The molecule has 128 valence electrons. The minimum absolute atomic E-state index is 0.213. The molecule has 0 saturated heterocycles. The van der Waals surface area contributed by atoms with Gasteiger partial charge in [-0.2, -0.15) is 11.8 Å². The summed E-state index contributed by atoms with van der Waals surface area (Å²) in [5.74, 6) is 1.36. The van der Waals surface area contributed by atoms with Crippen molar-refractivity contribution in [3.8, 4) is 0 Å². The summed E-state index contributed by atoms with van der Waals surface area (Å²) in [7, 11) is -3.89. The largest absolute Gasteiger partial charge is 0.289 e. The molecule has 2 aromatic carbocycles. The molecule has 0 unspecified atom stereocenters. The van der Waals surface area contributed by atoms with Gasteiger partial charge in [-0.25, -0.2) is 13.1 Å². The molecule has 0 atom stereocenters. The quantitative estimate of drug-likeness (QED) is 0.440. The highest BCUT2D eigenvalue weighted by Crippen LogP contribution is 2.22. The summed E-state index contributed by atoms with van der Waals surface area (Å²) in [6.07, 6.45) is 0. The molecule has 0 saturated carbocycles. The number of para-hydroxylation sites is 1. The first kappa shape index (κ1) is 18.4. The second-order valence-electron chi connectivity index (χ2n) is 5.16. The van der Waals surface area contributed by atoms with Crippen LogP contribution in [-0.4, -0.2) is 25.6 Å². The van der Waals surface area contributed by atoms with E-state index in [4.69, 9.17) is 0 Å². The zero-order chi connectivity index (χ0) is 17.6. The predicted octanol–water partition coefficient (Wildman–Crippen LogP) is 3.11. The highest BCUT2D eigenvalue weighted by molar-refractivity contribution is 7.98. The van der Waals surface area contributed by atoms with Crippen molar-refractivity contribution in [2.75, 3.05) is 12.3 Å². The SMILES string of the molecule is Cc1ccc(CSCCNS(=O)(=O)c2ccccc2[N+](=O)[O-])cc1. The molecule has 0 bridgehead atoms. The summed E-state index contributed by atoms with van der Waals surface area (Å²) in [5.41, 5.74) is 1.95. The van der Waals surface area contributed by atoms with Crippen LogP contribution in [0.2, 0.25) is 0 Å². The number of thioether (sulfide) groups is 1. The number of sulfonamides is 1. The molecule has 0 aliphatic heterocycles. The van der Waals surface area contributed by atoms with Gasteiger partial charge in [-0.3, -0.25) is 10.1 Å². The van der Waals surface area contributed by atoms with Crippen molar-refractivity contribution in [2.24, 2.45) is 0 Å².